The van der Waals surface area contributed by atoms with E-state index in [1.807, 2.05) is 45.9 Å². The van der Waals surface area contributed by atoms with Crippen LogP contribution in [0.1, 0.15) is 138 Å². The summed E-state index contributed by atoms with van der Waals surface area (Å²) in [5.41, 5.74) is 10.8. The third kappa shape index (κ3) is 11.6. The first kappa shape index (κ1) is 46.3. The number of aryl methyl sites for hydroxylation is 1. The van der Waals surface area contributed by atoms with E-state index >= 15 is 0 Å². The number of hydrogen-bond acceptors (Lipinski definition) is 3. The summed E-state index contributed by atoms with van der Waals surface area (Å²) in [6, 6.07) is 25.4. The quantitative estimate of drug-likeness (QED) is 0.102. The maximum atomic E-state index is 13.7. The zero-order valence-electron chi connectivity index (χ0n) is 37.6. The molecule has 58 heavy (non-hydrogen) atoms. The van der Waals surface area contributed by atoms with Crippen molar-refractivity contribution in [3.05, 3.63) is 118 Å². The van der Waals surface area contributed by atoms with Crippen molar-refractivity contribution >= 4 is 22.5 Å². The number of nitrogens with zero attached hydrogens (tertiary/aromatic N) is 2. The predicted octanol–water partition coefficient (Wildman–Crippen LogP) is 14.0. The minimum atomic E-state index is -0.267. The molecule has 1 N–H and O–H groups in total. The highest BCUT2D eigenvalue weighted by molar-refractivity contribution is 6.04. The molecule has 1 aliphatic rings. The molecule has 2 atom stereocenters. The summed E-state index contributed by atoms with van der Waals surface area (Å²) in [7, 11) is 1.64. The molecule has 0 aliphatic heterocycles. The Labute approximate surface area is 350 Å². The molecule has 0 bridgehead atoms. The van der Waals surface area contributed by atoms with Crippen molar-refractivity contribution in [1.82, 2.24) is 9.47 Å². The molecular weight excluding hydrogens is 718 g/mol. The van der Waals surface area contributed by atoms with Crippen LogP contribution < -0.4 is 10.1 Å². The molecule has 1 fully saturated rings. The van der Waals surface area contributed by atoms with Gasteiger partial charge in [0.2, 0.25) is 0 Å². The molecule has 0 saturated heterocycles. The Balaban J connectivity index is 0.00000180. The molecule has 6 heteroatoms. The van der Waals surface area contributed by atoms with Crippen LogP contribution in [0.25, 0.3) is 22.0 Å². The van der Waals surface area contributed by atoms with Crippen LogP contribution in [-0.2, 0) is 13.0 Å². The summed E-state index contributed by atoms with van der Waals surface area (Å²) in [6.45, 7) is 26.4. The van der Waals surface area contributed by atoms with E-state index in [4.69, 9.17) is 4.74 Å². The van der Waals surface area contributed by atoms with Crippen LogP contribution in [0.15, 0.2) is 78.9 Å². The van der Waals surface area contributed by atoms with Crippen molar-refractivity contribution in [3.8, 4) is 16.9 Å². The number of amides is 1. The Morgan fingerprint density at radius 2 is 1.55 bits per heavy atom. The molecule has 1 amide bonds. The normalized spacial score (nSPS) is 13.5. The van der Waals surface area contributed by atoms with Crippen LogP contribution in [0.4, 0.5) is 10.1 Å². The van der Waals surface area contributed by atoms with Gasteiger partial charge in [0.25, 0.3) is 5.91 Å². The molecule has 1 heterocycles. The fraction of sp³-hybridized carbons (Fsp3) is 0.481. The lowest BCUT2D eigenvalue weighted by Gasteiger charge is -2.29. The van der Waals surface area contributed by atoms with E-state index in [9.17, 15) is 9.18 Å². The minimum absolute atomic E-state index is 0.158. The van der Waals surface area contributed by atoms with Crippen molar-refractivity contribution < 1.29 is 13.9 Å². The van der Waals surface area contributed by atoms with Gasteiger partial charge >= 0.3 is 0 Å². The van der Waals surface area contributed by atoms with Crippen LogP contribution >= 0.6 is 0 Å². The molecule has 0 spiro atoms. The van der Waals surface area contributed by atoms with Crippen molar-refractivity contribution in [2.45, 2.75) is 127 Å². The summed E-state index contributed by atoms with van der Waals surface area (Å²) < 4.78 is 22.1. The Bertz CT molecular complexity index is 2030. The van der Waals surface area contributed by atoms with Gasteiger partial charge in [-0.05, 0) is 147 Å². The average Bonchev–Trinajstić information content (AvgIpc) is 3.45. The summed E-state index contributed by atoms with van der Waals surface area (Å²) in [5.74, 6) is 1.98. The minimum Gasteiger partial charge on any atom is -0.496 e. The van der Waals surface area contributed by atoms with Crippen molar-refractivity contribution in [2.24, 2.45) is 11.8 Å². The maximum Gasteiger partial charge on any atom is 0.255 e. The van der Waals surface area contributed by atoms with Crippen LogP contribution in [-0.4, -0.2) is 42.1 Å². The molecule has 314 valence electrons. The fourth-order valence-electron chi connectivity index (χ4n) is 8.12. The van der Waals surface area contributed by atoms with Gasteiger partial charge in [-0.25, -0.2) is 4.39 Å². The van der Waals surface area contributed by atoms with Crippen molar-refractivity contribution in [1.29, 1.82) is 0 Å². The third-order valence-corrected chi connectivity index (χ3v) is 11.9. The van der Waals surface area contributed by atoms with Crippen LogP contribution in [0.5, 0.6) is 5.75 Å². The molecule has 1 aromatic heterocycles. The van der Waals surface area contributed by atoms with Gasteiger partial charge in [-0.1, -0.05) is 98.6 Å². The van der Waals surface area contributed by atoms with E-state index in [1.165, 1.54) is 84.2 Å². The molecule has 2 unspecified atom stereocenters. The van der Waals surface area contributed by atoms with E-state index in [0.29, 0.717) is 28.8 Å². The number of ether oxygens (including phenoxy) is 1. The Morgan fingerprint density at radius 1 is 0.879 bits per heavy atom. The molecule has 1 saturated carbocycles. The molecule has 5 nitrogen and oxygen atoms in total. The van der Waals surface area contributed by atoms with E-state index in [-0.39, 0.29) is 11.7 Å². The zero-order valence-corrected chi connectivity index (χ0v) is 37.6. The summed E-state index contributed by atoms with van der Waals surface area (Å²) in [4.78, 5) is 16.2. The molecular formula is C52H72FN3O2. The highest BCUT2D eigenvalue weighted by atomic mass is 19.1. The lowest BCUT2D eigenvalue weighted by atomic mass is 9.76. The number of rotatable bonds is 17. The van der Waals surface area contributed by atoms with Gasteiger partial charge in [0.05, 0.1) is 7.11 Å². The van der Waals surface area contributed by atoms with Gasteiger partial charge in [0.15, 0.2) is 0 Å². The van der Waals surface area contributed by atoms with Crippen LogP contribution in [0.2, 0.25) is 0 Å². The first-order valence-corrected chi connectivity index (χ1v) is 22.3. The predicted molar refractivity (Wildman–Crippen MR) is 246 cm³/mol. The van der Waals surface area contributed by atoms with Gasteiger partial charge in [0.1, 0.15) is 11.6 Å². The lowest BCUT2D eigenvalue weighted by Crippen LogP contribution is -2.32. The number of anilines is 1. The third-order valence-electron chi connectivity index (χ3n) is 11.9. The Kier molecular flexibility index (Phi) is 18.1. The number of carbonyl (C=O) groups is 1. The van der Waals surface area contributed by atoms with E-state index < -0.39 is 0 Å². The zero-order chi connectivity index (χ0) is 42.4. The number of carbonyl (C=O) groups excluding carboxylic acids is 1. The first-order valence-electron chi connectivity index (χ1n) is 22.3. The average molecular weight is 790 g/mol. The second-order valence-electron chi connectivity index (χ2n) is 16.0. The lowest BCUT2D eigenvalue weighted by molar-refractivity contribution is 0.102. The number of fused-ring (bicyclic) bond motifs is 1. The van der Waals surface area contributed by atoms with Gasteiger partial charge in [-0.3, -0.25) is 4.79 Å². The molecule has 0 radical (unpaired) electrons. The smallest absolute Gasteiger partial charge is 0.255 e. The summed E-state index contributed by atoms with van der Waals surface area (Å²) >= 11 is 0. The summed E-state index contributed by atoms with van der Waals surface area (Å²) in [5, 5.41) is 4.46. The van der Waals surface area contributed by atoms with Crippen molar-refractivity contribution in [3.63, 3.8) is 0 Å². The van der Waals surface area contributed by atoms with Gasteiger partial charge in [0, 0.05) is 52.6 Å². The van der Waals surface area contributed by atoms with Gasteiger partial charge in [-0.2, -0.15) is 0 Å². The Morgan fingerprint density at radius 3 is 2.16 bits per heavy atom. The second kappa shape index (κ2) is 22.7. The van der Waals surface area contributed by atoms with Gasteiger partial charge in [-0.15, -0.1) is 0 Å². The number of halogens is 1. The summed E-state index contributed by atoms with van der Waals surface area (Å²) in [6.07, 6.45) is 7.88. The Hall–Kier alpha value is -4.42. The molecule has 4 aromatic carbocycles. The highest BCUT2D eigenvalue weighted by Crippen LogP contribution is 2.46. The maximum absolute atomic E-state index is 13.7. The monoisotopic (exact) mass is 790 g/mol. The number of hydrogen-bond donors (Lipinski definition) is 1. The molecule has 1 aliphatic carbocycles. The second-order valence-corrected chi connectivity index (χ2v) is 16.0. The highest BCUT2D eigenvalue weighted by Gasteiger charge is 2.26. The van der Waals surface area contributed by atoms with Crippen LogP contribution in [0.3, 0.4) is 0 Å². The van der Waals surface area contributed by atoms with Crippen LogP contribution in [0, 0.1) is 31.5 Å². The fourth-order valence-corrected chi connectivity index (χ4v) is 8.12. The van der Waals surface area contributed by atoms with E-state index in [2.05, 4.69) is 92.7 Å². The number of benzene rings is 4. The largest absolute Gasteiger partial charge is 0.496 e. The standard InChI is InChI=1S/C48H60FN3O2.2C2H6/c1-8-24-51(25-23-32(3)9-2)30-33(4)31-52-35(6)34(5)43-27-37(15-22-45(43)52)26-36-13-16-40(17-14-36)48(53)50-42-28-44(38-11-10-12-38)47(46(29-42)54-7)39-18-20-41(49)21-19-39;2*1-2/h13-22,27-29,32-33,38H,8-12,23-26,30-31H2,1-7H3,(H,50,53);2*1-2H3. The first-order chi connectivity index (χ1) is 28.1. The number of nitrogens with one attached hydrogen (secondary N) is 1. The molecule has 5 aromatic rings. The van der Waals surface area contributed by atoms with Crippen molar-refractivity contribution in [2.75, 3.05) is 32.1 Å². The van der Waals surface area contributed by atoms with E-state index in [1.54, 1.807) is 19.2 Å². The number of methoxy groups -OCH3 is 1. The van der Waals surface area contributed by atoms with Gasteiger partial charge < -0.3 is 19.5 Å². The number of aromatic nitrogens is 1. The SMILES string of the molecule is CC.CC.CCCN(CCC(C)CC)CC(C)Cn1c(C)c(C)c2cc(Cc3ccc(C(=O)Nc4cc(OC)c(-c5ccc(F)cc5)c(C5CCC5)c4)cc3)ccc21. The topological polar surface area (TPSA) is 46.5 Å². The molecule has 6 rings (SSSR count). The van der Waals surface area contributed by atoms with E-state index in [0.717, 1.165) is 55.0 Å².